The average molecular weight is 322 g/mol. The van der Waals surface area contributed by atoms with Crippen LogP contribution in [0, 0.1) is 0 Å². The van der Waals surface area contributed by atoms with E-state index in [1.807, 2.05) is 42.5 Å². The van der Waals surface area contributed by atoms with Crippen molar-refractivity contribution in [2.24, 2.45) is 0 Å². The van der Waals surface area contributed by atoms with Crippen LogP contribution in [0.15, 0.2) is 47.4 Å². The number of halogens is 1. The van der Waals surface area contributed by atoms with Gasteiger partial charge in [0.15, 0.2) is 0 Å². The van der Waals surface area contributed by atoms with Gasteiger partial charge in [0.05, 0.1) is 5.02 Å². The van der Waals surface area contributed by atoms with Gasteiger partial charge in [0, 0.05) is 11.4 Å². The normalized spacial score (nSPS) is 10.6. The van der Waals surface area contributed by atoms with Crippen LogP contribution < -0.4 is 10.1 Å². The SMILES string of the molecule is CCCNCc1ccc(Oc2ccc(SC)cc2)c(Cl)c1. The number of hydrogen-bond donors (Lipinski definition) is 1. The van der Waals surface area contributed by atoms with Crippen molar-refractivity contribution in [3.05, 3.63) is 53.1 Å². The van der Waals surface area contributed by atoms with Crippen molar-refractivity contribution < 1.29 is 4.74 Å². The highest BCUT2D eigenvalue weighted by Gasteiger charge is 2.05. The van der Waals surface area contributed by atoms with Crippen LogP contribution in [0.5, 0.6) is 11.5 Å². The minimum atomic E-state index is 0.639. The topological polar surface area (TPSA) is 21.3 Å². The van der Waals surface area contributed by atoms with E-state index in [0.717, 1.165) is 25.3 Å². The molecule has 112 valence electrons. The van der Waals surface area contributed by atoms with Crippen molar-refractivity contribution in [2.45, 2.75) is 24.8 Å². The molecule has 0 radical (unpaired) electrons. The molecule has 0 amide bonds. The molecular formula is C17H20ClNOS. The van der Waals surface area contributed by atoms with Gasteiger partial charge in [-0.25, -0.2) is 0 Å². The maximum absolute atomic E-state index is 6.29. The first-order valence-corrected chi connectivity index (χ1v) is 8.64. The second-order valence-corrected chi connectivity index (χ2v) is 6.01. The van der Waals surface area contributed by atoms with Gasteiger partial charge < -0.3 is 10.1 Å². The van der Waals surface area contributed by atoms with Gasteiger partial charge in [0.2, 0.25) is 0 Å². The summed E-state index contributed by atoms with van der Waals surface area (Å²) in [4.78, 5) is 1.21. The summed E-state index contributed by atoms with van der Waals surface area (Å²) in [5.74, 6) is 1.49. The fourth-order valence-corrected chi connectivity index (χ4v) is 2.57. The zero-order valence-electron chi connectivity index (χ0n) is 12.4. The van der Waals surface area contributed by atoms with E-state index in [9.17, 15) is 0 Å². The van der Waals surface area contributed by atoms with Crippen LogP contribution in [0.2, 0.25) is 5.02 Å². The van der Waals surface area contributed by atoms with Crippen LogP contribution in [0.1, 0.15) is 18.9 Å². The molecule has 0 saturated carbocycles. The number of thioether (sulfide) groups is 1. The minimum absolute atomic E-state index is 0.639. The Bertz CT molecular complexity index is 572. The highest BCUT2D eigenvalue weighted by Crippen LogP contribution is 2.31. The summed E-state index contributed by atoms with van der Waals surface area (Å²) in [6.07, 6.45) is 3.18. The molecule has 0 saturated heterocycles. The Morgan fingerprint density at radius 1 is 1.14 bits per heavy atom. The number of rotatable bonds is 7. The smallest absolute Gasteiger partial charge is 0.146 e. The van der Waals surface area contributed by atoms with E-state index < -0.39 is 0 Å². The van der Waals surface area contributed by atoms with Gasteiger partial charge >= 0.3 is 0 Å². The maximum atomic E-state index is 6.29. The van der Waals surface area contributed by atoms with E-state index in [1.165, 1.54) is 10.5 Å². The molecule has 2 rings (SSSR count). The molecule has 0 aromatic heterocycles. The quantitative estimate of drug-likeness (QED) is 0.548. The van der Waals surface area contributed by atoms with Crippen LogP contribution in [0.25, 0.3) is 0 Å². The summed E-state index contributed by atoms with van der Waals surface area (Å²) in [5, 5.41) is 4.00. The summed E-state index contributed by atoms with van der Waals surface area (Å²) in [7, 11) is 0. The average Bonchev–Trinajstić information content (AvgIpc) is 2.51. The zero-order valence-corrected chi connectivity index (χ0v) is 13.9. The predicted molar refractivity (Wildman–Crippen MR) is 91.7 cm³/mol. The minimum Gasteiger partial charge on any atom is -0.456 e. The molecule has 4 heteroatoms. The summed E-state index contributed by atoms with van der Waals surface area (Å²) in [5.41, 5.74) is 1.17. The van der Waals surface area contributed by atoms with Crippen LogP contribution in [0.4, 0.5) is 0 Å². The van der Waals surface area contributed by atoms with Crippen LogP contribution in [-0.2, 0) is 6.54 Å². The first kappa shape index (κ1) is 16.2. The Labute approximate surface area is 135 Å². The maximum Gasteiger partial charge on any atom is 0.146 e. The first-order valence-electron chi connectivity index (χ1n) is 7.04. The molecule has 0 aliphatic heterocycles. The fourth-order valence-electron chi connectivity index (χ4n) is 1.92. The molecule has 0 aliphatic rings. The van der Waals surface area contributed by atoms with E-state index in [-0.39, 0.29) is 0 Å². The molecule has 0 unspecified atom stereocenters. The van der Waals surface area contributed by atoms with Gasteiger partial charge in [-0.2, -0.15) is 0 Å². The molecular weight excluding hydrogens is 302 g/mol. The van der Waals surface area contributed by atoms with E-state index in [0.29, 0.717) is 10.8 Å². The summed E-state index contributed by atoms with van der Waals surface area (Å²) in [6, 6.07) is 13.9. The molecule has 2 aromatic carbocycles. The Hall–Kier alpha value is -1.16. The number of ether oxygens (including phenoxy) is 1. The largest absolute Gasteiger partial charge is 0.456 e. The van der Waals surface area contributed by atoms with Gasteiger partial charge in [0.1, 0.15) is 11.5 Å². The van der Waals surface area contributed by atoms with Crippen molar-refractivity contribution in [1.29, 1.82) is 0 Å². The second-order valence-electron chi connectivity index (χ2n) is 4.72. The van der Waals surface area contributed by atoms with Gasteiger partial charge in [-0.05, 0) is 61.2 Å². The van der Waals surface area contributed by atoms with Gasteiger partial charge in [0.25, 0.3) is 0 Å². The molecule has 0 bridgehead atoms. The Kier molecular flexibility index (Phi) is 6.43. The summed E-state index contributed by atoms with van der Waals surface area (Å²) >= 11 is 8.00. The van der Waals surface area contributed by atoms with Crippen molar-refractivity contribution in [3.8, 4) is 11.5 Å². The van der Waals surface area contributed by atoms with Crippen molar-refractivity contribution in [3.63, 3.8) is 0 Å². The Morgan fingerprint density at radius 2 is 1.90 bits per heavy atom. The Morgan fingerprint density at radius 3 is 2.52 bits per heavy atom. The van der Waals surface area contributed by atoms with Gasteiger partial charge in [-0.1, -0.05) is 24.6 Å². The van der Waals surface area contributed by atoms with E-state index in [2.05, 4.69) is 18.5 Å². The summed E-state index contributed by atoms with van der Waals surface area (Å²) in [6.45, 7) is 3.99. The number of benzene rings is 2. The van der Waals surface area contributed by atoms with E-state index in [4.69, 9.17) is 16.3 Å². The third-order valence-corrected chi connectivity index (χ3v) is 4.08. The van der Waals surface area contributed by atoms with Gasteiger partial charge in [-0.3, -0.25) is 0 Å². The molecule has 2 nitrogen and oxygen atoms in total. The molecule has 0 heterocycles. The molecule has 0 fully saturated rings. The highest BCUT2D eigenvalue weighted by molar-refractivity contribution is 7.98. The molecule has 1 N–H and O–H groups in total. The van der Waals surface area contributed by atoms with Crippen molar-refractivity contribution in [2.75, 3.05) is 12.8 Å². The predicted octanol–water partition coefficient (Wildman–Crippen LogP) is 5.35. The third kappa shape index (κ3) is 4.95. The monoisotopic (exact) mass is 321 g/mol. The molecule has 0 aliphatic carbocycles. The zero-order chi connectivity index (χ0) is 15.1. The van der Waals surface area contributed by atoms with Crippen molar-refractivity contribution >= 4 is 23.4 Å². The molecule has 0 atom stereocenters. The van der Waals surface area contributed by atoms with Crippen LogP contribution in [0.3, 0.4) is 0 Å². The molecule has 2 aromatic rings. The number of hydrogen-bond acceptors (Lipinski definition) is 3. The lowest BCUT2D eigenvalue weighted by molar-refractivity contribution is 0.482. The lowest BCUT2D eigenvalue weighted by Gasteiger charge is -2.10. The Balaban J connectivity index is 2.02. The van der Waals surface area contributed by atoms with Crippen LogP contribution in [-0.4, -0.2) is 12.8 Å². The fraction of sp³-hybridized carbons (Fsp3) is 0.294. The molecule has 0 spiro atoms. The van der Waals surface area contributed by atoms with Gasteiger partial charge in [-0.15, -0.1) is 11.8 Å². The van der Waals surface area contributed by atoms with E-state index >= 15 is 0 Å². The van der Waals surface area contributed by atoms with Crippen LogP contribution >= 0.6 is 23.4 Å². The second kappa shape index (κ2) is 8.32. The molecule has 21 heavy (non-hydrogen) atoms. The van der Waals surface area contributed by atoms with E-state index in [1.54, 1.807) is 11.8 Å². The number of nitrogens with one attached hydrogen (secondary N) is 1. The lowest BCUT2D eigenvalue weighted by atomic mass is 10.2. The highest BCUT2D eigenvalue weighted by atomic mass is 35.5. The third-order valence-electron chi connectivity index (χ3n) is 3.04. The lowest BCUT2D eigenvalue weighted by Crippen LogP contribution is -2.13. The first-order chi connectivity index (χ1) is 10.2. The van der Waals surface area contributed by atoms with Crippen molar-refractivity contribution in [1.82, 2.24) is 5.32 Å². The standard InChI is InChI=1S/C17H20ClNOS/c1-3-10-19-12-13-4-9-17(16(18)11-13)20-14-5-7-15(21-2)8-6-14/h4-9,11,19H,3,10,12H2,1-2H3. The summed E-state index contributed by atoms with van der Waals surface area (Å²) < 4.78 is 5.83.